The van der Waals surface area contributed by atoms with Crippen LogP contribution in [0.25, 0.3) is 6.08 Å². The molecule has 0 bridgehead atoms. The van der Waals surface area contributed by atoms with Gasteiger partial charge in [0.2, 0.25) is 0 Å². The Morgan fingerprint density at radius 2 is 1.71 bits per heavy atom. The number of carbonyl (C=O) groups is 2. The molecule has 0 unspecified atom stereocenters. The smallest absolute Gasteiger partial charge is 0.335 e. The number of anilines is 2. The highest BCUT2D eigenvalue weighted by Gasteiger charge is 2.30. The zero-order chi connectivity index (χ0) is 24.1. The van der Waals surface area contributed by atoms with Crippen molar-refractivity contribution < 1.29 is 19.8 Å². The molecule has 2 aliphatic heterocycles. The molecule has 0 atom stereocenters. The quantitative estimate of drug-likeness (QED) is 0.562. The first-order valence-electron chi connectivity index (χ1n) is 11.9. The predicted molar refractivity (Wildman–Crippen MR) is 134 cm³/mol. The minimum absolute atomic E-state index is 0.169. The van der Waals surface area contributed by atoms with Gasteiger partial charge in [-0.2, -0.15) is 10.1 Å². The maximum absolute atomic E-state index is 13.3. The first-order chi connectivity index (χ1) is 16.5. The van der Waals surface area contributed by atoms with Crippen molar-refractivity contribution in [1.82, 2.24) is 0 Å². The van der Waals surface area contributed by atoms with Crippen LogP contribution in [0.2, 0.25) is 0 Å². The normalized spacial score (nSPS) is 18.0. The first kappa shape index (κ1) is 23.7. The van der Waals surface area contributed by atoms with Crippen molar-refractivity contribution in [3.63, 3.8) is 0 Å². The number of amides is 1. The maximum Gasteiger partial charge on any atom is 0.335 e. The summed E-state index contributed by atoms with van der Waals surface area (Å²) in [6, 6.07) is 14.4. The summed E-state index contributed by atoms with van der Waals surface area (Å²) >= 11 is 0. The second-order valence-corrected chi connectivity index (χ2v) is 8.88. The van der Waals surface area contributed by atoms with Crippen LogP contribution in [0.15, 0.2) is 59.2 Å². The van der Waals surface area contributed by atoms with Gasteiger partial charge in [-0.15, -0.1) is 0 Å². The van der Waals surface area contributed by atoms with E-state index in [1.165, 1.54) is 17.1 Å². The molecular formula is C27H31N3O4. The lowest BCUT2D eigenvalue weighted by molar-refractivity contribution is -0.114. The average Bonchev–Trinajstić information content (AvgIpc) is 3.18. The number of piperidine rings is 1. The zero-order valence-corrected chi connectivity index (χ0v) is 19.5. The summed E-state index contributed by atoms with van der Waals surface area (Å²) < 4.78 is 0. The van der Waals surface area contributed by atoms with E-state index in [-0.39, 0.29) is 18.1 Å². The van der Waals surface area contributed by atoms with Crippen LogP contribution in [-0.4, -0.2) is 47.5 Å². The summed E-state index contributed by atoms with van der Waals surface area (Å²) in [5.74, 6) is -0.810. The third kappa shape index (κ3) is 5.20. The zero-order valence-electron chi connectivity index (χ0n) is 19.5. The molecule has 0 aliphatic carbocycles. The summed E-state index contributed by atoms with van der Waals surface area (Å²) in [4.78, 5) is 26.8. The van der Waals surface area contributed by atoms with Gasteiger partial charge in [-0.1, -0.05) is 25.5 Å². The van der Waals surface area contributed by atoms with Gasteiger partial charge >= 0.3 is 5.97 Å². The summed E-state index contributed by atoms with van der Waals surface area (Å²) in [5.41, 5.74) is 4.13. The molecule has 4 rings (SSSR count). The SMILES string of the molecule is CCCCC1=NN(c2ccc(C(=O)O)cc2)C(=O)/C1=C\c1ccc(N2CCC(CO)CC2)cc1. The van der Waals surface area contributed by atoms with Crippen LogP contribution in [0, 0.1) is 5.92 Å². The van der Waals surface area contributed by atoms with Crippen LogP contribution in [-0.2, 0) is 4.79 Å². The molecule has 0 radical (unpaired) electrons. The summed E-state index contributed by atoms with van der Waals surface area (Å²) in [7, 11) is 0. The van der Waals surface area contributed by atoms with Crippen molar-refractivity contribution in [2.24, 2.45) is 11.0 Å². The van der Waals surface area contributed by atoms with E-state index in [0.717, 1.165) is 55.7 Å². The van der Waals surface area contributed by atoms with Crippen molar-refractivity contribution in [3.05, 3.63) is 65.2 Å². The molecule has 178 valence electrons. The fraction of sp³-hybridized carbons (Fsp3) is 0.370. The molecule has 2 aliphatic rings. The highest BCUT2D eigenvalue weighted by atomic mass is 16.4. The first-order valence-corrected chi connectivity index (χ1v) is 11.9. The van der Waals surface area contributed by atoms with Gasteiger partial charge in [-0.25, -0.2) is 4.79 Å². The topological polar surface area (TPSA) is 93.4 Å². The Bertz CT molecular complexity index is 1080. The van der Waals surface area contributed by atoms with Gasteiger partial charge < -0.3 is 15.1 Å². The number of hydrogen-bond donors (Lipinski definition) is 2. The monoisotopic (exact) mass is 461 g/mol. The molecule has 2 aromatic carbocycles. The van der Waals surface area contributed by atoms with Gasteiger partial charge in [0.1, 0.15) is 0 Å². The standard InChI is InChI=1S/C27H31N3O4/c1-2-3-4-25-24(26(32)30(28-25)23-11-7-21(8-12-23)27(33)34)17-19-5-9-22(10-6-19)29-15-13-20(18-31)14-16-29/h5-12,17,20,31H,2-4,13-16,18H2,1H3,(H,33,34)/b24-17-. The second kappa shape index (κ2) is 10.7. The molecule has 0 aromatic heterocycles. The Balaban J connectivity index is 1.54. The number of rotatable bonds is 8. The van der Waals surface area contributed by atoms with Crippen LogP contribution in [0.4, 0.5) is 11.4 Å². The maximum atomic E-state index is 13.3. The molecule has 1 amide bonds. The number of aliphatic hydroxyl groups excluding tert-OH is 1. The van der Waals surface area contributed by atoms with Crippen LogP contribution < -0.4 is 9.91 Å². The van der Waals surface area contributed by atoms with E-state index in [4.69, 9.17) is 5.11 Å². The van der Waals surface area contributed by atoms with E-state index in [9.17, 15) is 14.7 Å². The molecule has 7 heteroatoms. The number of hydrogen-bond acceptors (Lipinski definition) is 5. The number of unbranched alkanes of at least 4 members (excludes halogenated alkanes) is 1. The fourth-order valence-corrected chi connectivity index (χ4v) is 4.37. The van der Waals surface area contributed by atoms with Crippen LogP contribution >= 0.6 is 0 Å². The Morgan fingerprint density at radius 3 is 2.29 bits per heavy atom. The Morgan fingerprint density at radius 1 is 1.06 bits per heavy atom. The third-order valence-electron chi connectivity index (χ3n) is 6.52. The number of carbonyl (C=O) groups excluding carboxylic acids is 1. The molecule has 2 heterocycles. The predicted octanol–water partition coefficient (Wildman–Crippen LogP) is 4.57. The van der Waals surface area contributed by atoms with Gasteiger partial charge in [0.25, 0.3) is 5.91 Å². The largest absolute Gasteiger partial charge is 0.478 e. The van der Waals surface area contributed by atoms with E-state index in [1.54, 1.807) is 12.1 Å². The van der Waals surface area contributed by atoms with E-state index >= 15 is 0 Å². The van der Waals surface area contributed by atoms with E-state index < -0.39 is 5.97 Å². The van der Waals surface area contributed by atoms with Crippen molar-refractivity contribution in [1.29, 1.82) is 0 Å². The number of carboxylic acids is 1. The Kier molecular flexibility index (Phi) is 7.43. The lowest BCUT2D eigenvalue weighted by Gasteiger charge is -2.32. The average molecular weight is 462 g/mol. The van der Waals surface area contributed by atoms with Crippen molar-refractivity contribution in [2.45, 2.75) is 39.0 Å². The van der Waals surface area contributed by atoms with Gasteiger partial charge in [-0.05, 0) is 79.6 Å². The minimum atomic E-state index is -1.01. The number of aromatic carboxylic acids is 1. The highest BCUT2D eigenvalue weighted by molar-refractivity contribution is 6.32. The number of hydrazone groups is 1. The van der Waals surface area contributed by atoms with E-state index in [1.807, 2.05) is 18.2 Å². The molecule has 2 N–H and O–H groups in total. The summed E-state index contributed by atoms with van der Waals surface area (Å²) in [6.07, 6.45) is 6.52. The number of aliphatic hydroxyl groups is 1. The lowest BCUT2D eigenvalue weighted by Crippen LogP contribution is -2.34. The number of benzene rings is 2. The highest BCUT2D eigenvalue weighted by Crippen LogP contribution is 2.28. The number of nitrogens with zero attached hydrogens (tertiary/aromatic N) is 3. The third-order valence-corrected chi connectivity index (χ3v) is 6.52. The molecule has 0 spiro atoms. The van der Waals surface area contributed by atoms with Crippen LogP contribution in [0.3, 0.4) is 0 Å². The van der Waals surface area contributed by atoms with Gasteiger partial charge in [-0.3, -0.25) is 4.79 Å². The Hall–Kier alpha value is -3.45. The molecule has 1 fully saturated rings. The molecule has 7 nitrogen and oxygen atoms in total. The van der Waals surface area contributed by atoms with E-state index in [0.29, 0.717) is 23.6 Å². The molecule has 0 saturated carbocycles. The van der Waals surface area contributed by atoms with Crippen LogP contribution in [0.1, 0.15) is 54.9 Å². The Labute approximate surface area is 200 Å². The van der Waals surface area contributed by atoms with Crippen LogP contribution in [0.5, 0.6) is 0 Å². The van der Waals surface area contributed by atoms with Crippen molar-refractivity contribution in [3.8, 4) is 0 Å². The summed E-state index contributed by atoms with van der Waals surface area (Å²) in [5, 5.41) is 24.4. The van der Waals surface area contributed by atoms with Gasteiger partial charge in [0.05, 0.1) is 22.5 Å². The molecule has 34 heavy (non-hydrogen) atoms. The van der Waals surface area contributed by atoms with E-state index in [2.05, 4.69) is 29.1 Å². The van der Waals surface area contributed by atoms with Crippen molar-refractivity contribution >= 4 is 35.0 Å². The minimum Gasteiger partial charge on any atom is -0.478 e. The number of carboxylic acid groups (broad SMARTS) is 1. The molecular weight excluding hydrogens is 430 g/mol. The van der Waals surface area contributed by atoms with Crippen molar-refractivity contribution in [2.75, 3.05) is 29.6 Å². The molecule has 1 saturated heterocycles. The van der Waals surface area contributed by atoms with Gasteiger partial charge in [0.15, 0.2) is 0 Å². The fourth-order valence-electron chi connectivity index (χ4n) is 4.37. The summed E-state index contributed by atoms with van der Waals surface area (Å²) in [6.45, 7) is 4.24. The van der Waals surface area contributed by atoms with Gasteiger partial charge in [0, 0.05) is 25.4 Å². The molecule has 2 aromatic rings. The lowest BCUT2D eigenvalue weighted by atomic mass is 9.97. The second-order valence-electron chi connectivity index (χ2n) is 8.88.